The van der Waals surface area contributed by atoms with E-state index in [1.165, 1.54) is 0 Å². The Bertz CT molecular complexity index is 743. The maximum absolute atomic E-state index is 11.7. The molecule has 0 atom stereocenters. The number of carbonyl (C=O) groups excluding carboxylic acids is 1. The number of fused-ring (bicyclic) bond motifs is 3. The molecule has 3 nitrogen and oxygen atoms in total. The van der Waals surface area contributed by atoms with Gasteiger partial charge in [-0.05, 0) is 23.8 Å². The fourth-order valence-electron chi connectivity index (χ4n) is 2.44. The summed E-state index contributed by atoms with van der Waals surface area (Å²) < 4.78 is 5.56. The molecule has 0 saturated carbocycles. The van der Waals surface area contributed by atoms with E-state index >= 15 is 0 Å². The number of likely N-dealkylation sites (N-methyl/N-ethyl adjacent to an activating group) is 1. The average Bonchev–Trinajstić information content (AvgIpc) is 2.82. The fourth-order valence-corrected chi connectivity index (χ4v) is 2.44. The Kier molecular flexibility index (Phi) is 2.95. The van der Waals surface area contributed by atoms with Crippen molar-refractivity contribution < 1.29 is 9.21 Å². The van der Waals surface area contributed by atoms with Crippen molar-refractivity contribution in [1.29, 1.82) is 0 Å². The Labute approximate surface area is 111 Å². The predicted octanol–water partition coefficient (Wildman–Crippen LogP) is 3.26. The molecule has 3 aromatic rings. The van der Waals surface area contributed by atoms with Gasteiger partial charge >= 0.3 is 0 Å². The van der Waals surface area contributed by atoms with Gasteiger partial charge in [0.2, 0.25) is 5.91 Å². The number of amides is 1. The SMILES string of the molecule is CCNC(=O)Cc1coc2ccc3ccccc3c12. The average molecular weight is 253 g/mol. The van der Waals surface area contributed by atoms with Gasteiger partial charge in [-0.25, -0.2) is 0 Å². The van der Waals surface area contributed by atoms with Crippen LogP contribution in [0, 0.1) is 0 Å². The van der Waals surface area contributed by atoms with E-state index in [-0.39, 0.29) is 5.91 Å². The Morgan fingerprint density at radius 3 is 2.89 bits per heavy atom. The van der Waals surface area contributed by atoms with Gasteiger partial charge in [0.25, 0.3) is 0 Å². The summed E-state index contributed by atoms with van der Waals surface area (Å²) in [6, 6.07) is 12.1. The van der Waals surface area contributed by atoms with Crippen LogP contribution in [0.25, 0.3) is 21.7 Å². The number of rotatable bonds is 3. The maximum Gasteiger partial charge on any atom is 0.224 e. The van der Waals surface area contributed by atoms with Crippen molar-refractivity contribution in [3.63, 3.8) is 0 Å². The van der Waals surface area contributed by atoms with Crippen molar-refractivity contribution in [2.45, 2.75) is 13.3 Å². The van der Waals surface area contributed by atoms with Gasteiger partial charge in [-0.1, -0.05) is 30.3 Å². The smallest absolute Gasteiger partial charge is 0.224 e. The first-order valence-electron chi connectivity index (χ1n) is 6.44. The van der Waals surface area contributed by atoms with E-state index in [1.807, 2.05) is 31.2 Å². The molecule has 19 heavy (non-hydrogen) atoms. The molecule has 0 aliphatic rings. The van der Waals surface area contributed by atoms with Crippen LogP contribution in [-0.2, 0) is 11.2 Å². The first-order chi connectivity index (χ1) is 9.29. The van der Waals surface area contributed by atoms with Gasteiger partial charge in [0.15, 0.2) is 0 Å². The molecule has 3 heteroatoms. The molecule has 1 N–H and O–H groups in total. The van der Waals surface area contributed by atoms with Crippen molar-refractivity contribution >= 4 is 27.6 Å². The molecule has 2 aromatic carbocycles. The van der Waals surface area contributed by atoms with E-state index in [4.69, 9.17) is 4.42 Å². The highest BCUT2D eigenvalue weighted by Crippen LogP contribution is 2.29. The summed E-state index contributed by atoms with van der Waals surface area (Å²) in [6.45, 7) is 2.57. The van der Waals surface area contributed by atoms with Crippen LogP contribution in [-0.4, -0.2) is 12.5 Å². The lowest BCUT2D eigenvalue weighted by Gasteiger charge is -2.03. The molecular weight excluding hydrogens is 238 g/mol. The number of hydrogen-bond acceptors (Lipinski definition) is 2. The number of furan rings is 1. The normalized spacial score (nSPS) is 11.0. The monoisotopic (exact) mass is 253 g/mol. The van der Waals surface area contributed by atoms with E-state index in [0.29, 0.717) is 13.0 Å². The third-order valence-corrected chi connectivity index (χ3v) is 3.27. The Morgan fingerprint density at radius 1 is 1.21 bits per heavy atom. The van der Waals surface area contributed by atoms with Crippen molar-refractivity contribution in [3.05, 3.63) is 48.2 Å². The van der Waals surface area contributed by atoms with Crippen molar-refractivity contribution in [2.24, 2.45) is 0 Å². The van der Waals surface area contributed by atoms with Gasteiger partial charge in [-0.2, -0.15) is 0 Å². The molecule has 0 saturated heterocycles. The standard InChI is InChI=1S/C16H15NO2/c1-2-17-15(18)9-12-10-19-14-8-7-11-5-3-4-6-13(11)16(12)14/h3-8,10H,2,9H2,1H3,(H,17,18). The van der Waals surface area contributed by atoms with Crippen molar-refractivity contribution in [1.82, 2.24) is 5.32 Å². The Morgan fingerprint density at radius 2 is 2.05 bits per heavy atom. The topological polar surface area (TPSA) is 42.2 Å². The van der Waals surface area contributed by atoms with Crippen LogP contribution in [0.3, 0.4) is 0 Å². The summed E-state index contributed by atoms with van der Waals surface area (Å²) in [5.74, 6) is 0.0261. The summed E-state index contributed by atoms with van der Waals surface area (Å²) in [4.78, 5) is 11.7. The number of nitrogens with one attached hydrogen (secondary N) is 1. The molecule has 0 unspecified atom stereocenters. The number of benzene rings is 2. The van der Waals surface area contributed by atoms with Crippen LogP contribution in [0.5, 0.6) is 0 Å². The second-order valence-electron chi connectivity index (χ2n) is 4.55. The molecule has 96 valence electrons. The highest BCUT2D eigenvalue weighted by molar-refractivity contribution is 6.08. The molecule has 3 rings (SSSR count). The molecular formula is C16H15NO2. The van der Waals surface area contributed by atoms with E-state index in [0.717, 1.165) is 27.3 Å². The second-order valence-corrected chi connectivity index (χ2v) is 4.55. The molecule has 1 heterocycles. The summed E-state index contributed by atoms with van der Waals surface area (Å²) in [5, 5.41) is 6.15. The van der Waals surface area contributed by atoms with Gasteiger partial charge in [0.1, 0.15) is 5.58 Å². The van der Waals surface area contributed by atoms with Gasteiger partial charge in [0.05, 0.1) is 12.7 Å². The van der Waals surface area contributed by atoms with E-state index in [9.17, 15) is 4.79 Å². The summed E-state index contributed by atoms with van der Waals surface area (Å²) in [7, 11) is 0. The van der Waals surface area contributed by atoms with Crippen LogP contribution in [0.15, 0.2) is 47.1 Å². The minimum Gasteiger partial charge on any atom is -0.464 e. The quantitative estimate of drug-likeness (QED) is 0.778. The fraction of sp³-hybridized carbons (Fsp3) is 0.188. The zero-order chi connectivity index (χ0) is 13.2. The maximum atomic E-state index is 11.7. The van der Waals surface area contributed by atoms with E-state index in [1.54, 1.807) is 6.26 Å². The van der Waals surface area contributed by atoms with Crippen LogP contribution >= 0.6 is 0 Å². The van der Waals surface area contributed by atoms with Crippen molar-refractivity contribution in [3.8, 4) is 0 Å². The van der Waals surface area contributed by atoms with E-state index < -0.39 is 0 Å². The largest absolute Gasteiger partial charge is 0.464 e. The van der Waals surface area contributed by atoms with Gasteiger partial charge < -0.3 is 9.73 Å². The molecule has 0 aliphatic carbocycles. The zero-order valence-corrected chi connectivity index (χ0v) is 10.8. The lowest BCUT2D eigenvalue weighted by atomic mass is 10.0. The first kappa shape index (κ1) is 11.8. The lowest BCUT2D eigenvalue weighted by Crippen LogP contribution is -2.24. The highest BCUT2D eigenvalue weighted by atomic mass is 16.3. The summed E-state index contributed by atoms with van der Waals surface area (Å²) in [5.41, 5.74) is 1.77. The Balaban J connectivity index is 2.15. The third-order valence-electron chi connectivity index (χ3n) is 3.27. The van der Waals surface area contributed by atoms with Crippen LogP contribution < -0.4 is 5.32 Å². The zero-order valence-electron chi connectivity index (χ0n) is 10.8. The van der Waals surface area contributed by atoms with Gasteiger partial charge in [-0.15, -0.1) is 0 Å². The summed E-state index contributed by atoms with van der Waals surface area (Å²) >= 11 is 0. The number of carbonyl (C=O) groups is 1. The minimum atomic E-state index is 0.0261. The highest BCUT2D eigenvalue weighted by Gasteiger charge is 2.12. The number of hydrogen-bond donors (Lipinski definition) is 1. The molecule has 1 amide bonds. The summed E-state index contributed by atoms with van der Waals surface area (Å²) in [6.07, 6.45) is 2.04. The van der Waals surface area contributed by atoms with Crippen LogP contribution in [0.1, 0.15) is 12.5 Å². The second kappa shape index (κ2) is 4.76. The molecule has 0 fully saturated rings. The molecule has 0 bridgehead atoms. The van der Waals surface area contributed by atoms with Crippen molar-refractivity contribution in [2.75, 3.05) is 6.54 Å². The van der Waals surface area contributed by atoms with Crippen LogP contribution in [0.2, 0.25) is 0 Å². The van der Waals surface area contributed by atoms with Crippen LogP contribution in [0.4, 0.5) is 0 Å². The third kappa shape index (κ3) is 2.08. The molecule has 1 aromatic heterocycles. The van der Waals surface area contributed by atoms with Gasteiger partial charge in [0, 0.05) is 17.5 Å². The molecule has 0 spiro atoms. The molecule has 0 radical (unpaired) electrons. The van der Waals surface area contributed by atoms with Gasteiger partial charge in [-0.3, -0.25) is 4.79 Å². The Hall–Kier alpha value is -2.29. The molecule has 0 aliphatic heterocycles. The minimum absolute atomic E-state index is 0.0261. The lowest BCUT2D eigenvalue weighted by molar-refractivity contribution is -0.120. The van der Waals surface area contributed by atoms with E-state index in [2.05, 4.69) is 17.4 Å². The first-order valence-corrected chi connectivity index (χ1v) is 6.44. The predicted molar refractivity (Wildman–Crippen MR) is 76.1 cm³/mol.